The lowest BCUT2D eigenvalue weighted by atomic mass is 9.97. The molecule has 0 aromatic carbocycles. The molecule has 0 N–H and O–H groups in total. The van der Waals surface area contributed by atoms with Gasteiger partial charge in [-0.05, 0) is 12.3 Å². The van der Waals surface area contributed by atoms with E-state index in [4.69, 9.17) is 0 Å². The average Bonchev–Trinajstić information content (AvgIpc) is 2.56. The molecule has 0 aliphatic rings. The number of hydrogen-bond acceptors (Lipinski definition) is 2. The summed E-state index contributed by atoms with van der Waals surface area (Å²) in [5.74, 6) is 0.871. The molecular formula is C10H17NS. The van der Waals surface area contributed by atoms with Gasteiger partial charge in [-0.25, -0.2) is 0 Å². The van der Waals surface area contributed by atoms with Crippen molar-refractivity contribution in [2.45, 2.75) is 39.5 Å². The second kappa shape index (κ2) is 5.31. The van der Waals surface area contributed by atoms with Crippen LogP contribution in [0.5, 0.6) is 0 Å². The standard InChI is InChI=1S/C10H17NS/c1-3-5-9(4-2)6-10-7-11-8-12-10/h7-9H,3-6H2,1-2H3. The maximum absolute atomic E-state index is 4.09. The van der Waals surface area contributed by atoms with Crippen molar-refractivity contribution < 1.29 is 0 Å². The Morgan fingerprint density at radius 3 is 2.83 bits per heavy atom. The van der Waals surface area contributed by atoms with Crippen molar-refractivity contribution in [3.63, 3.8) is 0 Å². The van der Waals surface area contributed by atoms with Crippen LogP contribution in [0.3, 0.4) is 0 Å². The van der Waals surface area contributed by atoms with Gasteiger partial charge in [0.1, 0.15) is 0 Å². The van der Waals surface area contributed by atoms with Gasteiger partial charge in [-0.3, -0.25) is 4.98 Å². The smallest absolute Gasteiger partial charge is 0.0794 e. The zero-order valence-corrected chi connectivity index (χ0v) is 8.73. The Labute approximate surface area is 78.8 Å². The Balaban J connectivity index is 2.37. The zero-order valence-electron chi connectivity index (χ0n) is 7.92. The zero-order chi connectivity index (χ0) is 8.81. The third-order valence-electron chi connectivity index (χ3n) is 2.25. The molecule has 1 atom stereocenters. The van der Waals surface area contributed by atoms with E-state index in [-0.39, 0.29) is 0 Å². The van der Waals surface area contributed by atoms with Gasteiger partial charge in [-0.1, -0.05) is 33.1 Å². The summed E-state index contributed by atoms with van der Waals surface area (Å²) >= 11 is 1.78. The fourth-order valence-electron chi connectivity index (χ4n) is 1.49. The monoisotopic (exact) mass is 183 g/mol. The predicted molar refractivity (Wildman–Crippen MR) is 54.5 cm³/mol. The third-order valence-corrected chi connectivity index (χ3v) is 3.05. The van der Waals surface area contributed by atoms with Crippen LogP contribution in [0.25, 0.3) is 0 Å². The molecule has 0 amide bonds. The first-order chi connectivity index (χ1) is 5.86. The molecule has 1 aromatic heterocycles. The summed E-state index contributed by atoms with van der Waals surface area (Å²) < 4.78 is 0. The molecule has 0 fully saturated rings. The molecule has 0 saturated carbocycles. The highest BCUT2D eigenvalue weighted by atomic mass is 32.1. The van der Waals surface area contributed by atoms with E-state index in [2.05, 4.69) is 18.8 Å². The topological polar surface area (TPSA) is 12.9 Å². The van der Waals surface area contributed by atoms with Crippen LogP contribution in [-0.2, 0) is 6.42 Å². The van der Waals surface area contributed by atoms with Crippen LogP contribution in [0.15, 0.2) is 11.7 Å². The highest BCUT2D eigenvalue weighted by Crippen LogP contribution is 2.19. The normalized spacial score (nSPS) is 13.2. The number of thiazole rings is 1. The van der Waals surface area contributed by atoms with Crippen molar-refractivity contribution in [2.24, 2.45) is 5.92 Å². The van der Waals surface area contributed by atoms with Gasteiger partial charge in [-0.15, -0.1) is 11.3 Å². The highest BCUT2D eigenvalue weighted by molar-refractivity contribution is 7.09. The summed E-state index contributed by atoms with van der Waals surface area (Å²) in [7, 11) is 0. The molecule has 12 heavy (non-hydrogen) atoms. The van der Waals surface area contributed by atoms with Crippen LogP contribution in [0.4, 0.5) is 0 Å². The van der Waals surface area contributed by atoms with E-state index in [1.807, 2.05) is 11.7 Å². The van der Waals surface area contributed by atoms with Gasteiger partial charge < -0.3 is 0 Å². The van der Waals surface area contributed by atoms with Gasteiger partial charge in [0.15, 0.2) is 0 Å². The van der Waals surface area contributed by atoms with Gasteiger partial charge in [0.25, 0.3) is 0 Å². The lowest BCUT2D eigenvalue weighted by Gasteiger charge is -2.11. The van der Waals surface area contributed by atoms with Gasteiger partial charge in [0.05, 0.1) is 5.51 Å². The summed E-state index contributed by atoms with van der Waals surface area (Å²) in [6.45, 7) is 4.54. The molecule has 1 heterocycles. The number of hydrogen-bond donors (Lipinski definition) is 0. The maximum atomic E-state index is 4.09. The van der Waals surface area contributed by atoms with Crippen LogP contribution in [-0.4, -0.2) is 4.98 Å². The minimum atomic E-state index is 0.871. The molecule has 1 aromatic rings. The van der Waals surface area contributed by atoms with Crippen molar-refractivity contribution in [2.75, 3.05) is 0 Å². The fourth-order valence-corrected chi connectivity index (χ4v) is 2.20. The fraction of sp³-hybridized carbons (Fsp3) is 0.700. The van der Waals surface area contributed by atoms with Crippen LogP contribution in [0.1, 0.15) is 38.0 Å². The van der Waals surface area contributed by atoms with Crippen LogP contribution in [0.2, 0.25) is 0 Å². The van der Waals surface area contributed by atoms with Crippen molar-refractivity contribution in [3.05, 3.63) is 16.6 Å². The van der Waals surface area contributed by atoms with Crippen molar-refractivity contribution in [3.8, 4) is 0 Å². The Kier molecular flexibility index (Phi) is 4.30. The lowest BCUT2D eigenvalue weighted by Crippen LogP contribution is -2.01. The van der Waals surface area contributed by atoms with E-state index < -0.39 is 0 Å². The Hall–Kier alpha value is -0.370. The summed E-state index contributed by atoms with van der Waals surface area (Å²) in [5.41, 5.74) is 1.92. The van der Waals surface area contributed by atoms with Crippen molar-refractivity contribution in [1.82, 2.24) is 4.98 Å². The molecular weight excluding hydrogens is 166 g/mol. The van der Waals surface area contributed by atoms with E-state index in [1.165, 1.54) is 30.6 Å². The molecule has 0 radical (unpaired) electrons. The molecule has 1 unspecified atom stereocenters. The van der Waals surface area contributed by atoms with Gasteiger partial charge in [0.2, 0.25) is 0 Å². The second-order valence-electron chi connectivity index (χ2n) is 3.23. The van der Waals surface area contributed by atoms with Gasteiger partial charge >= 0.3 is 0 Å². The number of nitrogens with zero attached hydrogens (tertiary/aromatic N) is 1. The Morgan fingerprint density at radius 2 is 2.33 bits per heavy atom. The van der Waals surface area contributed by atoms with E-state index in [1.54, 1.807) is 11.3 Å². The average molecular weight is 183 g/mol. The number of rotatable bonds is 5. The summed E-state index contributed by atoms with van der Waals surface area (Å²) in [4.78, 5) is 5.53. The molecule has 1 rings (SSSR count). The first-order valence-electron chi connectivity index (χ1n) is 4.74. The van der Waals surface area contributed by atoms with Crippen LogP contribution < -0.4 is 0 Å². The SMILES string of the molecule is CCCC(CC)Cc1cncs1. The molecule has 0 bridgehead atoms. The van der Waals surface area contributed by atoms with Crippen molar-refractivity contribution >= 4 is 11.3 Å². The molecule has 2 heteroatoms. The Morgan fingerprint density at radius 1 is 1.50 bits per heavy atom. The number of aromatic nitrogens is 1. The summed E-state index contributed by atoms with van der Waals surface area (Å²) in [6, 6.07) is 0. The molecule has 1 nitrogen and oxygen atoms in total. The minimum Gasteiger partial charge on any atom is -0.253 e. The molecule has 0 aliphatic carbocycles. The quantitative estimate of drug-likeness (QED) is 0.680. The first-order valence-corrected chi connectivity index (χ1v) is 5.62. The first kappa shape index (κ1) is 9.72. The second-order valence-corrected chi connectivity index (χ2v) is 4.21. The van der Waals surface area contributed by atoms with Gasteiger partial charge in [0, 0.05) is 11.1 Å². The highest BCUT2D eigenvalue weighted by Gasteiger charge is 2.06. The van der Waals surface area contributed by atoms with E-state index in [0.29, 0.717) is 0 Å². The van der Waals surface area contributed by atoms with E-state index >= 15 is 0 Å². The third kappa shape index (κ3) is 2.94. The van der Waals surface area contributed by atoms with Crippen LogP contribution >= 0.6 is 11.3 Å². The molecule has 0 aliphatic heterocycles. The van der Waals surface area contributed by atoms with E-state index in [0.717, 1.165) is 5.92 Å². The summed E-state index contributed by atoms with van der Waals surface area (Å²) in [6.07, 6.45) is 7.19. The molecule has 0 spiro atoms. The predicted octanol–water partition coefficient (Wildman–Crippen LogP) is 3.51. The maximum Gasteiger partial charge on any atom is 0.0794 e. The minimum absolute atomic E-state index is 0.871. The van der Waals surface area contributed by atoms with Crippen LogP contribution in [0, 0.1) is 5.92 Å². The molecule has 68 valence electrons. The van der Waals surface area contributed by atoms with Crippen molar-refractivity contribution in [1.29, 1.82) is 0 Å². The van der Waals surface area contributed by atoms with Gasteiger partial charge in [-0.2, -0.15) is 0 Å². The lowest BCUT2D eigenvalue weighted by molar-refractivity contribution is 0.465. The largest absolute Gasteiger partial charge is 0.253 e. The Bertz CT molecular complexity index is 194. The summed E-state index contributed by atoms with van der Waals surface area (Å²) in [5, 5.41) is 0. The van der Waals surface area contributed by atoms with E-state index in [9.17, 15) is 0 Å². The molecule has 0 saturated heterocycles.